The van der Waals surface area contributed by atoms with Gasteiger partial charge >= 0.3 is 0 Å². The van der Waals surface area contributed by atoms with E-state index in [0.29, 0.717) is 24.9 Å². The van der Waals surface area contributed by atoms with E-state index in [-0.39, 0.29) is 0 Å². The van der Waals surface area contributed by atoms with Crippen molar-refractivity contribution in [3.8, 4) is 5.88 Å². The first-order valence-electron chi connectivity index (χ1n) is 4.46. The fourth-order valence-corrected chi connectivity index (χ4v) is 1.66. The van der Waals surface area contributed by atoms with Gasteiger partial charge in [0, 0.05) is 0 Å². The number of methoxy groups -OCH3 is 1. The van der Waals surface area contributed by atoms with Gasteiger partial charge in [0.1, 0.15) is 11.3 Å². The molecule has 1 saturated heterocycles. The van der Waals surface area contributed by atoms with Crippen molar-refractivity contribution in [2.75, 3.05) is 20.3 Å². The highest BCUT2D eigenvalue weighted by Crippen LogP contribution is 2.38. The van der Waals surface area contributed by atoms with Crippen LogP contribution in [0.15, 0.2) is 4.52 Å². The Labute approximate surface area is 81.9 Å². The highest BCUT2D eigenvalue weighted by molar-refractivity contribution is 5.32. The maximum Gasteiger partial charge on any atom is 0.262 e. The monoisotopic (exact) mass is 199 g/mol. The van der Waals surface area contributed by atoms with Gasteiger partial charge < -0.3 is 18.7 Å². The van der Waals surface area contributed by atoms with Crippen LogP contribution in [0.25, 0.3) is 0 Å². The van der Waals surface area contributed by atoms with Crippen LogP contribution < -0.4 is 4.74 Å². The third-order valence-corrected chi connectivity index (χ3v) is 2.32. The summed E-state index contributed by atoms with van der Waals surface area (Å²) in [6.07, 6.45) is 0. The summed E-state index contributed by atoms with van der Waals surface area (Å²) in [6, 6.07) is 0. The smallest absolute Gasteiger partial charge is 0.262 e. The predicted octanol–water partition coefficient (Wildman–Crippen LogP) is 1.21. The van der Waals surface area contributed by atoms with Gasteiger partial charge in [0.05, 0.1) is 20.3 Å². The molecule has 0 bridgehead atoms. The highest BCUT2D eigenvalue weighted by atomic mass is 16.7. The van der Waals surface area contributed by atoms with Crippen LogP contribution in [0, 0.1) is 6.92 Å². The van der Waals surface area contributed by atoms with E-state index in [2.05, 4.69) is 5.16 Å². The van der Waals surface area contributed by atoms with Crippen molar-refractivity contribution in [2.45, 2.75) is 19.6 Å². The molecule has 0 aromatic carbocycles. The van der Waals surface area contributed by atoms with Crippen molar-refractivity contribution >= 4 is 0 Å². The molecule has 5 heteroatoms. The summed E-state index contributed by atoms with van der Waals surface area (Å²) in [4.78, 5) is 0. The van der Waals surface area contributed by atoms with Crippen LogP contribution >= 0.6 is 0 Å². The fraction of sp³-hybridized carbons (Fsp3) is 0.667. The first kappa shape index (κ1) is 9.48. The quantitative estimate of drug-likeness (QED) is 0.716. The van der Waals surface area contributed by atoms with Crippen molar-refractivity contribution in [3.05, 3.63) is 11.3 Å². The Kier molecular flexibility index (Phi) is 2.20. The maximum absolute atomic E-state index is 5.51. The van der Waals surface area contributed by atoms with E-state index in [4.69, 9.17) is 18.7 Å². The molecule has 1 aromatic rings. The number of rotatable bonds is 2. The average Bonchev–Trinajstić information content (AvgIpc) is 2.73. The van der Waals surface area contributed by atoms with Gasteiger partial charge in [-0.05, 0) is 19.0 Å². The number of aromatic nitrogens is 1. The summed E-state index contributed by atoms with van der Waals surface area (Å²) in [6.45, 7) is 4.79. The number of ether oxygens (including phenoxy) is 3. The lowest BCUT2D eigenvalue weighted by atomic mass is 10.1. The molecular weight excluding hydrogens is 186 g/mol. The van der Waals surface area contributed by atoms with E-state index in [1.165, 1.54) is 0 Å². The minimum atomic E-state index is -0.782. The van der Waals surface area contributed by atoms with Crippen LogP contribution in [-0.2, 0) is 15.3 Å². The third-order valence-electron chi connectivity index (χ3n) is 2.32. The van der Waals surface area contributed by atoms with Crippen LogP contribution in [0.2, 0.25) is 0 Å². The van der Waals surface area contributed by atoms with Gasteiger partial charge in [0.2, 0.25) is 5.79 Å². The average molecular weight is 199 g/mol. The molecule has 0 saturated carbocycles. The number of nitrogens with zero attached hydrogens (tertiary/aromatic N) is 1. The molecule has 5 nitrogen and oxygen atoms in total. The molecule has 1 aromatic heterocycles. The summed E-state index contributed by atoms with van der Waals surface area (Å²) >= 11 is 0. The Balaban J connectivity index is 2.42. The minimum absolute atomic E-state index is 0.423. The second-order valence-electron chi connectivity index (χ2n) is 3.27. The largest absolute Gasteiger partial charge is 0.478 e. The molecule has 1 aliphatic heterocycles. The molecule has 1 aliphatic rings. The molecule has 2 rings (SSSR count). The fourth-order valence-electron chi connectivity index (χ4n) is 1.66. The van der Waals surface area contributed by atoms with E-state index >= 15 is 0 Å². The van der Waals surface area contributed by atoms with Gasteiger partial charge in [-0.1, -0.05) is 0 Å². The van der Waals surface area contributed by atoms with Gasteiger partial charge in [-0.25, -0.2) is 0 Å². The molecule has 2 heterocycles. The Hall–Kier alpha value is -1.07. The minimum Gasteiger partial charge on any atom is -0.478 e. The SMILES string of the molecule is COc1noc(C)c1C1(C)OCCO1. The van der Waals surface area contributed by atoms with Crippen LogP contribution in [0.4, 0.5) is 0 Å². The molecular formula is C9H13NO4. The van der Waals surface area contributed by atoms with E-state index in [1.807, 2.05) is 6.92 Å². The third kappa shape index (κ3) is 1.29. The van der Waals surface area contributed by atoms with E-state index in [9.17, 15) is 0 Å². The molecule has 0 radical (unpaired) electrons. The molecule has 1 fully saturated rings. The molecule has 78 valence electrons. The van der Waals surface area contributed by atoms with Crippen LogP contribution in [-0.4, -0.2) is 25.5 Å². The Morgan fingerprint density at radius 3 is 2.57 bits per heavy atom. The Morgan fingerprint density at radius 1 is 1.36 bits per heavy atom. The molecule has 0 unspecified atom stereocenters. The molecule has 14 heavy (non-hydrogen) atoms. The topological polar surface area (TPSA) is 53.7 Å². The molecule has 0 N–H and O–H groups in total. The molecule has 0 amide bonds. The highest BCUT2D eigenvalue weighted by Gasteiger charge is 2.40. The van der Waals surface area contributed by atoms with Gasteiger partial charge in [-0.2, -0.15) is 0 Å². The summed E-state index contributed by atoms with van der Waals surface area (Å²) in [5.41, 5.74) is 0.734. The second-order valence-corrected chi connectivity index (χ2v) is 3.27. The lowest BCUT2D eigenvalue weighted by molar-refractivity contribution is -0.151. The first-order chi connectivity index (χ1) is 6.67. The number of hydrogen-bond donors (Lipinski definition) is 0. The Morgan fingerprint density at radius 2 is 2.00 bits per heavy atom. The summed E-state index contributed by atoms with van der Waals surface area (Å²) < 4.78 is 21.1. The van der Waals surface area contributed by atoms with Crippen molar-refractivity contribution < 1.29 is 18.7 Å². The van der Waals surface area contributed by atoms with Crippen molar-refractivity contribution in [1.82, 2.24) is 5.16 Å². The van der Waals surface area contributed by atoms with Gasteiger partial charge in [0.25, 0.3) is 5.88 Å². The van der Waals surface area contributed by atoms with Crippen LogP contribution in [0.1, 0.15) is 18.2 Å². The molecule has 0 aliphatic carbocycles. The van der Waals surface area contributed by atoms with Gasteiger partial charge in [0.15, 0.2) is 0 Å². The van der Waals surface area contributed by atoms with Crippen molar-refractivity contribution in [2.24, 2.45) is 0 Å². The Bertz CT molecular complexity index is 328. The molecule has 0 atom stereocenters. The zero-order chi connectivity index (χ0) is 10.2. The summed E-state index contributed by atoms with van der Waals surface area (Å²) in [5.74, 6) is 0.299. The van der Waals surface area contributed by atoms with Gasteiger partial charge in [-0.15, -0.1) is 0 Å². The summed E-state index contributed by atoms with van der Waals surface area (Å²) in [7, 11) is 1.54. The van der Waals surface area contributed by atoms with Crippen molar-refractivity contribution in [3.63, 3.8) is 0 Å². The van der Waals surface area contributed by atoms with E-state index in [0.717, 1.165) is 5.56 Å². The van der Waals surface area contributed by atoms with E-state index < -0.39 is 5.79 Å². The normalized spacial score (nSPS) is 19.9. The predicted molar refractivity (Wildman–Crippen MR) is 47.0 cm³/mol. The first-order valence-corrected chi connectivity index (χ1v) is 4.46. The van der Waals surface area contributed by atoms with Gasteiger partial charge in [-0.3, -0.25) is 0 Å². The lowest BCUT2D eigenvalue weighted by Gasteiger charge is -2.21. The standard InChI is InChI=1S/C9H13NO4/c1-6-7(8(11-3)10-14-6)9(2)12-4-5-13-9/h4-5H2,1-3H3. The van der Waals surface area contributed by atoms with Crippen LogP contribution in [0.3, 0.4) is 0 Å². The lowest BCUT2D eigenvalue weighted by Crippen LogP contribution is -2.23. The van der Waals surface area contributed by atoms with Crippen LogP contribution in [0.5, 0.6) is 5.88 Å². The zero-order valence-corrected chi connectivity index (χ0v) is 8.49. The number of hydrogen-bond acceptors (Lipinski definition) is 5. The maximum atomic E-state index is 5.51. The second kappa shape index (κ2) is 3.25. The zero-order valence-electron chi connectivity index (χ0n) is 8.49. The van der Waals surface area contributed by atoms with E-state index in [1.54, 1.807) is 14.0 Å². The number of aryl methyl sites for hydroxylation is 1. The molecule has 0 spiro atoms. The van der Waals surface area contributed by atoms with Crippen molar-refractivity contribution in [1.29, 1.82) is 0 Å². The summed E-state index contributed by atoms with van der Waals surface area (Å²) in [5, 5.41) is 3.77.